The zero-order valence-corrected chi connectivity index (χ0v) is 21.7. The van der Waals surface area contributed by atoms with Crippen molar-refractivity contribution in [3.63, 3.8) is 0 Å². The van der Waals surface area contributed by atoms with Crippen molar-refractivity contribution in [2.45, 2.75) is 17.6 Å². The van der Waals surface area contributed by atoms with Gasteiger partial charge in [-0.2, -0.15) is 0 Å². The highest BCUT2D eigenvalue weighted by Gasteiger charge is 2.23. The number of rotatable bonds is 9. The fraction of sp³-hybridized carbons (Fsp3) is 0.125. The summed E-state index contributed by atoms with van der Waals surface area (Å²) in [6, 6.07) is 19.1. The van der Waals surface area contributed by atoms with Crippen LogP contribution in [0.1, 0.15) is 11.3 Å². The van der Waals surface area contributed by atoms with E-state index < -0.39 is 20.0 Å². The molecule has 12 heteroatoms. The van der Waals surface area contributed by atoms with Crippen LogP contribution in [0.2, 0.25) is 0 Å². The second-order valence-corrected chi connectivity index (χ2v) is 12.2. The molecule has 0 radical (unpaired) electrons. The van der Waals surface area contributed by atoms with Crippen LogP contribution in [0.4, 0.5) is 10.8 Å². The van der Waals surface area contributed by atoms with E-state index in [4.69, 9.17) is 4.74 Å². The Labute approximate surface area is 213 Å². The number of hydrogen-bond donors (Lipinski definition) is 3. The summed E-state index contributed by atoms with van der Waals surface area (Å²) in [7, 11) is -6.38. The van der Waals surface area contributed by atoms with Gasteiger partial charge in [0, 0.05) is 5.69 Å². The molecule has 1 aromatic heterocycles. The summed E-state index contributed by atoms with van der Waals surface area (Å²) >= 11 is 1.10. The van der Waals surface area contributed by atoms with E-state index in [2.05, 4.69) is 14.4 Å². The fourth-order valence-corrected chi connectivity index (χ4v) is 7.07. The van der Waals surface area contributed by atoms with E-state index in [9.17, 15) is 21.9 Å². The smallest absolute Gasteiger partial charge is 0.265 e. The van der Waals surface area contributed by atoms with E-state index in [-0.39, 0.29) is 33.0 Å². The molecule has 1 heterocycles. The second-order valence-electron chi connectivity index (χ2n) is 7.80. The minimum atomic E-state index is -4.05. The third kappa shape index (κ3) is 5.96. The summed E-state index contributed by atoms with van der Waals surface area (Å²) in [4.78, 5) is 4.84. The van der Waals surface area contributed by atoms with Crippen molar-refractivity contribution in [2.75, 3.05) is 16.6 Å². The summed E-state index contributed by atoms with van der Waals surface area (Å²) in [5, 5.41) is 9.63. The van der Waals surface area contributed by atoms with Crippen LogP contribution in [-0.2, 0) is 25.8 Å². The van der Waals surface area contributed by atoms with E-state index in [0.717, 1.165) is 11.3 Å². The lowest BCUT2D eigenvalue weighted by atomic mass is 10.1. The molecule has 4 rings (SSSR count). The van der Waals surface area contributed by atoms with Crippen LogP contribution in [0.5, 0.6) is 11.5 Å². The molecule has 9 nitrogen and oxygen atoms in total. The quantitative estimate of drug-likeness (QED) is 0.262. The standard InChI is InChI=1S/C24H23N3O6S3/c1-16-23(34-24(25-16)27-35(29,30)15-17-6-4-3-5-7-17)18-8-13-21(33-2)22(14-18)36(31,32)26-19-9-11-20(28)12-10-19/h3-14,26,28H,15H2,1-2H3,(H,25,27). The Morgan fingerprint density at radius 1 is 0.944 bits per heavy atom. The predicted molar refractivity (Wildman–Crippen MR) is 140 cm³/mol. The van der Waals surface area contributed by atoms with E-state index in [1.807, 2.05) is 6.07 Å². The molecule has 0 unspecified atom stereocenters. The number of nitrogens with one attached hydrogen (secondary N) is 2. The molecule has 3 N–H and O–H groups in total. The van der Waals surface area contributed by atoms with E-state index in [1.54, 1.807) is 37.3 Å². The van der Waals surface area contributed by atoms with Gasteiger partial charge in [0.05, 0.1) is 23.4 Å². The van der Waals surface area contributed by atoms with Crippen LogP contribution in [0.15, 0.2) is 77.7 Å². The Bertz CT molecular complexity index is 1580. The Balaban J connectivity index is 1.63. The Hall–Kier alpha value is -3.61. The molecule has 188 valence electrons. The van der Waals surface area contributed by atoms with Crippen LogP contribution in [0.3, 0.4) is 0 Å². The lowest BCUT2D eigenvalue weighted by Gasteiger charge is -2.13. The first-order valence-corrected chi connectivity index (χ1v) is 14.5. The van der Waals surface area contributed by atoms with Gasteiger partial charge in [-0.15, -0.1) is 0 Å². The minimum absolute atomic E-state index is 0.00777. The number of phenols is 1. The molecule has 0 aliphatic heterocycles. The van der Waals surface area contributed by atoms with Crippen LogP contribution in [0.25, 0.3) is 10.4 Å². The van der Waals surface area contributed by atoms with Gasteiger partial charge in [-0.05, 0) is 60.5 Å². The van der Waals surface area contributed by atoms with Gasteiger partial charge >= 0.3 is 0 Å². The maximum absolute atomic E-state index is 13.1. The number of phenolic OH excluding ortho intramolecular Hbond substituents is 1. The van der Waals surface area contributed by atoms with Gasteiger partial charge in [0.1, 0.15) is 16.4 Å². The SMILES string of the molecule is COc1ccc(-c2sc(NS(=O)(=O)Cc3ccccc3)nc2C)cc1S(=O)(=O)Nc1ccc(O)cc1. The van der Waals surface area contributed by atoms with E-state index in [1.165, 1.54) is 43.5 Å². The summed E-state index contributed by atoms with van der Waals surface area (Å²) in [5.41, 5.74) is 1.98. The van der Waals surface area contributed by atoms with E-state index >= 15 is 0 Å². The van der Waals surface area contributed by atoms with Crippen molar-refractivity contribution >= 4 is 42.2 Å². The van der Waals surface area contributed by atoms with Gasteiger partial charge in [-0.25, -0.2) is 21.8 Å². The number of benzene rings is 3. The average molecular weight is 546 g/mol. The number of hydrogen-bond acceptors (Lipinski definition) is 8. The van der Waals surface area contributed by atoms with Crippen molar-refractivity contribution in [1.29, 1.82) is 0 Å². The highest BCUT2D eigenvalue weighted by atomic mass is 32.2. The van der Waals surface area contributed by atoms with Crippen LogP contribution in [0, 0.1) is 6.92 Å². The topological polar surface area (TPSA) is 135 Å². The van der Waals surface area contributed by atoms with Gasteiger partial charge in [0.15, 0.2) is 5.13 Å². The summed E-state index contributed by atoms with van der Waals surface area (Å²) < 4.78 is 61.8. The molecule has 0 bridgehead atoms. The van der Waals surface area contributed by atoms with Crippen molar-refractivity contribution in [2.24, 2.45) is 0 Å². The van der Waals surface area contributed by atoms with Crippen LogP contribution < -0.4 is 14.2 Å². The predicted octanol–water partition coefficient (Wildman–Crippen LogP) is 4.58. The van der Waals surface area contributed by atoms with Gasteiger partial charge in [-0.1, -0.05) is 41.7 Å². The molecule has 3 aromatic carbocycles. The largest absolute Gasteiger partial charge is 0.508 e. The molecule has 0 spiro atoms. The van der Waals surface area contributed by atoms with Crippen LogP contribution in [-0.4, -0.2) is 34.0 Å². The molecule has 0 saturated heterocycles. The molecule has 4 aromatic rings. The number of thiazole rings is 1. The Morgan fingerprint density at radius 3 is 2.31 bits per heavy atom. The monoisotopic (exact) mass is 545 g/mol. The lowest BCUT2D eigenvalue weighted by molar-refractivity contribution is 0.403. The maximum Gasteiger partial charge on any atom is 0.265 e. The molecule has 36 heavy (non-hydrogen) atoms. The van der Waals surface area contributed by atoms with Crippen molar-refractivity contribution < 1.29 is 26.7 Å². The number of aryl methyl sites for hydroxylation is 1. The van der Waals surface area contributed by atoms with Crippen LogP contribution >= 0.6 is 11.3 Å². The molecule has 0 atom stereocenters. The first-order valence-electron chi connectivity index (χ1n) is 10.6. The third-order valence-corrected chi connectivity index (χ3v) is 8.95. The first kappa shape index (κ1) is 25.5. The van der Waals surface area contributed by atoms with Gasteiger partial charge in [0.2, 0.25) is 10.0 Å². The number of aromatic nitrogens is 1. The highest BCUT2D eigenvalue weighted by molar-refractivity contribution is 7.93. The van der Waals surface area contributed by atoms with Gasteiger partial charge < -0.3 is 9.84 Å². The number of nitrogens with zero attached hydrogens (tertiary/aromatic N) is 1. The molecule has 0 saturated carbocycles. The minimum Gasteiger partial charge on any atom is -0.508 e. The molecular formula is C24H23N3O6S3. The molecular weight excluding hydrogens is 522 g/mol. The van der Waals surface area contributed by atoms with Crippen molar-refractivity contribution in [1.82, 2.24) is 4.98 Å². The third-order valence-electron chi connectivity index (χ3n) is 5.07. The van der Waals surface area contributed by atoms with Gasteiger partial charge in [-0.3, -0.25) is 9.44 Å². The number of ether oxygens (including phenoxy) is 1. The zero-order valence-electron chi connectivity index (χ0n) is 19.3. The van der Waals surface area contributed by atoms with E-state index in [0.29, 0.717) is 21.7 Å². The second kappa shape index (κ2) is 10.2. The fourth-order valence-electron chi connectivity index (χ4n) is 3.44. The Kier molecular flexibility index (Phi) is 7.20. The molecule has 0 aliphatic carbocycles. The van der Waals surface area contributed by atoms with Crippen molar-refractivity contribution in [3.8, 4) is 21.9 Å². The summed E-state index contributed by atoms with van der Waals surface area (Å²) in [5.74, 6) is -0.0558. The number of methoxy groups -OCH3 is 1. The highest BCUT2D eigenvalue weighted by Crippen LogP contribution is 2.37. The summed E-state index contributed by atoms with van der Waals surface area (Å²) in [6.07, 6.45) is 0. The molecule has 0 fully saturated rings. The van der Waals surface area contributed by atoms with Gasteiger partial charge in [0.25, 0.3) is 10.0 Å². The summed E-state index contributed by atoms with van der Waals surface area (Å²) in [6.45, 7) is 1.72. The molecule has 0 amide bonds. The number of sulfonamides is 2. The van der Waals surface area contributed by atoms with Crippen molar-refractivity contribution in [3.05, 3.63) is 84.1 Å². The zero-order chi connectivity index (χ0) is 25.9. The average Bonchev–Trinajstić information content (AvgIpc) is 3.19. The maximum atomic E-state index is 13.1. The normalized spacial score (nSPS) is 11.7. The lowest BCUT2D eigenvalue weighted by Crippen LogP contribution is -2.14. The number of aromatic hydroxyl groups is 1. The molecule has 0 aliphatic rings. The Morgan fingerprint density at radius 2 is 1.64 bits per heavy atom. The number of anilines is 2. The first-order chi connectivity index (χ1) is 17.1.